The zero-order chi connectivity index (χ0) is 34.3. The summed E-state index contributed by atoms with van der Waals surface area (Å²) in [4.78, 5) is 13.6. The minimum Gasteiger partial charge on any atom is -0.497 e. The van der Waals surface area contributed by atoms with Crippen LogP contribution in [0.4, 0.5) is 0 Å². The Morgan fingerprint density at radius 1 is 0.980 bits per heavy atom. The number of rotatable bonds is 10. The van der Waals surface area contributed by atoms with Gasteiger partial charge in [-0.2, -0.15) is 0 Å². The van der Waals surface area contributed by atoms with E-state index in [0.29, 0.717) is 12.0 Å². The van der Waals surface area contributed by atoms with Crippen LogP contribution in [0.25, 0.3) is 11.3 Å². The van der Waals surface area contributed by atoms with Gasteiger partial charge in [0, 0.05) is 18.4 Å². The molecule has 1 aliphatic heterocycles. The summed E-state index contributed by atoms with van der Waals surface area (Å²) in [6, 6.07) is 8.31. The standard InChI is InChI=1S/C44H65N2O3/c1-30(2)11-10-12-31(3)37-20-21-38-36-19-16-33-27-35(22-24-43(33,4)39(36)23-25-44(37,38)5)49-42(47)29-45-28-40(32-14-17-34(48-6)18-15-32)46-26-9-7-8-13-41(45)46/h14-18,28,30-31,35-39H,7-13,19-27,29H2,1-6H3/q+1/t31-,35-,36+,37-,38+,39+,43+,44-/m1/s1. The molecular weight excluding hydrogens is 604 g/mol. The number of carbonyl (C=O) groups excluding carboxylic acids is 1. The molecule has 2 aromatic rings. The average molecular weight is 670 g/mol. The number of hydrogen-bond donors (Lipinski definition) is 0. The molecule has 0 radical (unpaired) electrons. The molecule has 0 saturated heterocycles. The number of allylic oxidation sites excluding steroid dienone is 1. The fourth-order valence-corrected chi connectivity index (χ4v) is 12.1. The van der Waals surface area contributed by atoms with Crippen molar-refractivity contribution in [2.75, 3.05) is 7.11 Å². The van der Waals surface area contributed by atoms with Crippen LogP contribution in [-0.4, -0.2) is 23.8 Å². The van der Waals surface area contributed by atoms with E-state index in [9.17, 15) is 4.79 Å². The summed E-state index contributed by atoms with van der Waals surface area (Å²) in [6.07, 6.45) is 23.6. The molecule has 5 heteroatoms. The summed E-state index contributed by atoms with van der Waals surface area (Å²) < 4.78 is 16.4. The number of nitrogens with zero attached hydrogens (tertiary/aromatic N) is 2. The Morgan fingerprint density at radius 2 is 1.80 bits per heavy atom. The highest BCUT2D eigenvalue weighted by atomic mass is 16.5. The lowest BCUT2D eigenvalue weighted by Gasteiger charge is -2.58. The molecule has 4 aliphatic carbocycles. The van der Waals surface area contributed by atoms with Crippen molar-refractivity contribution in [1.29, 1.82) is 0 Å². The fraction of sp³-hybridized carbons (Fsp3) is 0.727. The molecule has 5 nitrogen and oxygen atoms in total. The highest BCUT2D eigenvalue weighted by Gasteiger charge is 2.59. The van der Waals surface area contributed by atoms with Crippen LogP contribution in [0.15, 0.2) is 42.1 Å². The van der Waals surface area contributed by atoms with Gasteiger partial charge in [-0.3, -0.25) is 0 Å². The maximum atomic E-state index is 13.6. The molecule has 3 fully saturated rings. The zero-order valence-electron chi connectivity index (χ0n) is 31.6. The molecule has 0 spiro atoms. The molecule has 1 aromatic heterocycles. The Morgan fingerprint density at radius 3 is 2.57 bits per heavy atom. The Hall–Kier alpha value is -2.56. The minimum atomic E-state index is -0.0836. The number of carbonyl (C=O) groups is 1. The van der Waals surface area contributed by atoms with Gasteiger partial charge in [0.05, 0.1) is 13.7 Å². The van der Waals surface area contributed by atoms with Crippen molar-refractivity contribution in [2.24, 2.45) is 46.3 Å². The van der Waals surface area contributed by atoms with Gasteiger partial charge in [-0.25, -0.2) is 13.9 Å². The SMILES string of the molecule is COc1ccc(-c2c[n+](CC(=O)O[C@@H]3CC[C@@]4(C)C(=CC[C@H]5[C@@H]6CC[C@H]([C@H](C)CCCC(C)C)[C@@]6(C)CC[C@@H]54)C3)c3n2CCCCC3)cc1. The second-order valence-corrected chi connectivity index (χ2v) is 17.9. The van der Waals surface area contributed by atoms with Crippen molar-refractivity contribution in [1.82, 2.24) is 4.57 Å². The quantitative estimate of drug-likeness (QED) is 0.144. The molecule has 2 heterocycles. The molecule has 8 atom stereocenters. The molecule has 7 rings (SSSR count). The smallest absolute Gasteiger partial charge is 0.348 e. The van der Waals surface area contributed by atoms with Gasteiger partial charge in [0.15, 0.2) is 12.2 Å². The maximum absolute atomic E-state index is 13.6. The van der Waals surface area contributed by atoms with E-state index in [2.05, 4.69) is 68.2 Å². The second-order valence-electron chi connectivity index (χ2n) is 17.9. The second kappa shape index (κ2) is 14.2. The minimum absolute atomic E-state index is 0.00246. The summed E-state index contributed by atoms with van der Waals surface area (Å²) in [7, 11) is 1.71. The van der Waals surface area contributed by atoms with E-state index >= 15 is 0 Å². The monoisotopic (exact) mass is 669 g/mol. The summed E-state index contributed by atoms with van der Waals surface area (Å²) in [5.74, 6) is 7.12. The Kier molecular flexibility index (Phi) is 10.1. The molecule has 3 saturated carbocycles. The van der Waals surface area contributed by atoms with Crippen LogP contribution in [0.1, 0.15) is 130 Å². The Labute approximate surface area is 297 Å². The first-order chi connectivity index (χ1) is 23.6. The number of esters is 1. The first-order valence-electron chi connectivity index (χ1n) is 20.3. The topological polar surface area (TPSA) is 44.3 Å². The van der Waals surface area contributed by atoms with Crippen molar-refractivity contribution >= 4 is 5.97 Å². The number of hydrogen-bond acceptors (Lipinski definition) is 3. The number of aromatic nitrogens is 2. The molecular formula is C44H65N2O3+. The molecule has 49 heavy (non-hydrogen) atoms. The summed E-state index contributed by atoms with van der Waals surface area (Å²) >= 11 is 0. The largest absolute Gasteiger partial charge is 0.497 e. The van der Waals surface area contributed by atoms with Crippen molar-refractivity contribution in [2.45, 2.75) is 150 Å². The third-order valence-corrected chi connectivity index (χ3v) is 14.7. The van der Waals surface area contributed by atoms with Crippen molar-refractivity contribution in [3.05, 3.63) is 47.9 Å². The lowest BCUT2D eigenvalue weighted by molar-refractivity contribution is -0.692. The molecule has 1 aromatic carbocycles. The van der Waals surface area contributed by atoms with E-state index in [1.807, 2.05) is 12.1 Å². The van der Waals surface area contributed by atoms with E-state index in [4.69, 9.17) is 9.47 Å². The van der Waals surface area contributed by atoms with Crippen LogP contribution < -0.4 is 9.30 Å². The average Bonchev–Trinajstić information content (AvgIpc) is 3.50. The number of benzene rings is 1. The Bertz CT molecular complexity index is 1500. The van der Waals surface area contributed by atoms with Crippen LogP contribution in [-0.2, 0) is 29.0 Å². The molecule has 268 valence electrons. The molecule has 0 N–H and O–H groups in total. The van der Waals surface area contributed by atoms with Crippen LogP contribution in [0.3, 0.4) is 0 Å². The zero-order valence-corrected chi connectivity index (χ0v) is 31.6. The number of fused-ring (bicyclic) bond motifs is 6. The highest BCUT2D eigenvalue weighted by Crippen LogP contribution is 2.67. The summed E-state index contributed by atoms with van der Waals surface area (Å²) in [6.45, 7) is 13.9. The van der Waals surface area contributed by atoms with Gasteiger partial charge in [-0.1, -0.05) is 65.5 Å². The predicted molar refractivity (Wildman–Crippen MR) is 197 cm³/mol. The van der Waals surface area contributed by atoms with E-state index in [-0.39, 0.29) is 17.5 Å². The number of imidazole rings is 1. The Balaban J connectivity index is 1.00. The lowest BCUT2D eigenvalue weighted by atomic mass is 9.47. The molecule has 0 unspecified atom stereocenters. The summed E-state index contributed by atoms with van der Waals surface area (Å²) in [5.41, 5.74) is 4.74. The van der Waals surface area contributed by atoms with Crippen molar-refractivity contribution < 1.29 is 18.8 Å². The summed E-state index contributed by atoms with van der Waals surface area (Å²) in [5, 5.41) is 0. The fourth-order valence-electron chi connectivity index (χ4n) is 12.1. The van der Waals surface area contributed by atoms with Gasteiger partial charge in [0.1, 0.15) is 18.1 Å². The van der Waals surface area contributed by atoms with Gasteiger partial charge in [0.25, 0.3) is 5.82 Å². The lowest BCUT2D eigenvalue weighted by Crippen LogP contribution is -2.51. The molecule has 0 amide bonds. The van der Waals surface area contributed by atoms with E-state index in [1.165, 1.54) is 75.7 Å². The van der Waals surface area contributed by atoms with E-state index in [0.717, 1.165) is 85.5 Å². The van der Waals surface area contributed by atoms with Crippen molar-refractivity contribution in [3.8, 4) is 17.0 Å². The van der Waals surface area contributed by atoms with Crippen LogP contribution in [0.2, 0.25) is 0 Å². The van der Waals surface area contributed by atoms with Gasteiger partial charge < -0.3 is 9.47 Å². The van der Waals surface area contributed by atoms with Gasteiger partial charge >= 0.3 is 5.97 Å². The van der Waals surface area contributed by atoms with Gasteiger partial charge in [-0.05, 0) is 135 Å². The van der Waals surface area contributed by atoms with Gasteiger partial charge in [0.2, 0.25) is 0 Å². The van der Waals surface area contributed by atoms with E-state index < -0.39 is 0 Å². The number of ether oxygens (including phenoxy) is 2. The molecule has 5 aliphatic rings. The van der Waals surface area contributed by atoms with Crippen LogP contribution >= 0.6 is 0 Å². The van der Waals surface area contributed by atoms with Crippen LogP contribution in [0.5, 0.6) is 5.75 Å². The normalized spacial score (nSPS) is 33.0. The van der Waals surface area contributed by atoms with Crippen molar-refractivity contribution in [3.63, 3.8) is 0 Å². The molecule has 0 bridgehead atoms. The third-order valence-electron chi connectivity index (χ3n) is 14.7. The van der Waals surface area contributed by atoms with E-state index in [1.54, 1.807) is 12.7 Å². The highest BCUT2D eigenvalue weighted by molar-refractivity contribution is 5.68. The van der Waals surface area contributed by atoms with Crippen LogP contribution in [0, 0.1) is 46.3 Å². The predicted octanol–water partition coefficient (Wildman–Crippen LogP) is 10.1. The van der Waals surface area contributed by atoms with Gasteiger partial charge in [-0.15, -0.1) is 0 Å². The maximum Gasteiger partial charge on any atom is 0.348 e. The first-order valence-corrected chi connectivity index (χ1v) is 20.3. The first kappa shape index (κ1) is 34.9. The number of methoxy groups -OCH3 is 1. The third kappa shape index (κ3) is 6.66.